The highest BCUT2D eigenvalue weighted by atomic mass is 32.2. The Hall–Kier alpha value is -0.583. The Morgan fingerprint density at radius 1 is 1.21 bits per heavy atom. The normalized spacial score (nSPS) is 23.7. The van der Waals surface area contributed by atoms with E-state index in [4.69, 9.17) is 4.43 Å². The lowest BCUT2D eigenvalue weighted by molar-refractivity contribution is -0.0533. The Labute approximate surface area is 167 Å². The molecule has 1 aliphatic rings. The molecule has 0 spiro atoms. The molecule has 0 bridgehead atoms. The Morgan fingerprint density at radius 3 is 2.18 bits per heavy atom. The van der Waals surface area contributed by atoms with Crippen LogP contribution in [0.5, 0.6) is 0 Å². The Bertz CT molecular complexity index is 680. The molecular weight excluding hydrogens is 413 g/mol. The predicted octanol–water partition coefficient (Wildman–Crippen LogP) is 4.80. The minimum atomic E-state index is -5.80. The number of rotatable bonds is 7. The third kappa shape index (κ3) is 5.73. The quantitative estimate of drug-likeness (QED) is 0.345. The fourth-order valence-corrected chi connectivity index (χ4v) is 4.62. The molecule has 0 unspecified atom stereocenters. The van der Waals surface area contributed by atoms with E-state index >= 15 is 0 Å². The maximum absolute atomic E-state index is 12.9. The van der Waals surface area contributed by atoms with Crippen LogP contribution in [0.3, 0.4) is 0 Å². The van der Waals surface area contributed by atoms with E-state index in [-0.39, 0.29) is 34.8 Å². The molecule has 0 amide bonds. The van der Waals surface area contributed by atoms with E-state index in [9.17, 15) is 26.7 Å². The van der Waals surface area contributed by atoms with Crippen LogP contribution < -0.4 is 0 Å². The van der Waals surface area contributed by atoms with Gasteiger partial charge in [0, 0.05) is 12.5 Å². The maximum atomic E-state index is 12.9. The van der Waals surface area contributed by atoms with Crippen molar-refractivity contribution in [3.05, 3.63) is 11.3 Å². The van der Waals surface area contributed by atoms with Gasteiger partial charge in [-0.3, -0.25) is 0 Å². The minimum absolute atomic E-state index is 0.0289. The fourth-order valence-electron chi connectivity index (χ4n) is 2.95. The second kappa shape index (κ2) is 8.65. The van der Waals surface area contributed by atoms with Gasteiger partial charge < -0.3 is 13.7 Å². The molecule has 1 N–H and O–H groups in total. The van der Waals surface area contributed by atoms with Gasteiger partial charge in [-0.2, -0.15) is 21.6 Å². The number of allylic oxidation sites excluding steroid dienone is 1. The molecule has 0 fully saturated rings. The van der Waals surface area contributed by atoms with Crippen LogP contribution in [0.1, 0.15) is 47.5 Å². The lowest BCUT2D eigenvalue weighted by Crippen LogP contribution is -2.42. The summed E-state index contributed by atoms with van der Waals surface area (Å²) in [5.74, 6) is -1.36. The molecule has 0 aromatic heterocycles. The summed E-state index contributed by atoms with van der Waals surface area (Å²) in [6, 6.07) is 0. The first-order valence-electron chi connectivity index (χ1n) is 9.43. The van der Waals surface area contributed by atoms with Crippen LogP contribution >= 0.6 is 0 Å². The van der Waals surface area contributed by atoms with Crippen LogP contribution in [0.2, 0.25) is 18.1 Å². The molecular formula is C18H33F3O5SSi. The van der Waals surface area contributed by atoms with Crippen molar-refractivity contribution >= 4 is 18.4 Å². The zero-order valence-corrected chi connectivity index (χ0v) is 19.5. The van der Waals surface area contributed by atoms with Gasteiger partial charge in [0.15, 0.2) is 8.32 Å². The van der Waals surface area contributed by atoms with E-state index < -0.39 is 36.5 Å². The number of halogens is 3. The van der Waals surface area contributed by atoms with Crippen molar-refractivity contribution in [2.75, 3.05) is 13.2 Å². The molecule has 166 valence electrons. The van der Waals surface area contributed by atoms with Crippen LogP contribution in [0.4, 0.5) is 13.2 Å². The third-order valence-electron chi connectivity index (χ3n) is 6.01. The van der Waals surface area contributed by atoms with Gasteiger partial charge in [0.2, 0.25) is 0 Å². The molecule has 0 radical (unpaired) electrons. The number of alkyl halides is 3. The van der Waals surface area contributed by atoms with E-state index in [1.54, 1.807) is 6.92 Å². The Kier molecular flexibility index (Phi) is 7.86. The summed E-state index contributed by atoms with van der Waals surface area (Å²) in [5, 5.41) is 9.63. The highest BCUT2D eigenvalue weighted by molar-refractivity contribution is 7.87. The number of hydrogen-bond donors (Lipinski definition) is 1. The molecule has 0 saturated carbocycles. The van der Waals surface area contributed by atoms with Crippen molar-refractivity contribution in [3.8, 4) is 0 Å². The van der Waals surface area contributed by atoms with Crippen LogP contribution in [-0.4, -0.2) is 40.6 Å². The molecule has 1 rings (SSSR count). The number of aliphatic hydroxyl groups excluding tert-OH is 1. The average molecular weight is 447 g/mol. The first-order chi connectivity index (χ1) is 12.4. The van der Waals surface area contributed by atoms with Gasteiger partial charge in [-0.25, -0.2) is 0 Å². The summed E-state index contributed by atoms with van der Waals surface area (Å²) in [6.07, 6.45) is 1.10. The lowest BCUT2D eigenvalue weighted by Gasteiger charge is -2.39. The van der Waals surface area contributed by atoms with Crippen molar-refractivity contribution in [3.63, 3.8) is 0 Å². The van der Waals surface area contributed by atoms with E-state index in [0.717, 1.165) is 0 Å². The van der Waals surface area contributed by atoms with Gasteiger partial charge in [0.1, 0.15) is 5.76 Å². The summed E-state index contributed by atoms with van der Waals surface area (Å²) < 4.78 is 72.6. The summed E-state index contributed by atoms with van der Waals surface area (Å²) >= 11 is 0. The maximum Gasteiger partial charge on any atom is 0.534 e. The first kappa shape index (κ1) is 25.5. The van der Waals surface area contributed by atoms with Gasteiger partial charge in [0.05, 0.1) is 6.61 Å². The molecule has 3 atom stereocenters. The first-order valence-corrected chi connectivity index (χ1v) is 13.7. The standard InChI is InChI=1S/C18H33F3O5SSi/c1-12-8-9-14(13(2)11-25-28(6,7)17(3,4)5)16(15(12)10-22)26-27(23,24)18(19,20)21/h12-14,22H,8-11H2,1-7H3/t12-,13-,14+/m0/s1. The van der Waals surface area contributed by atoms with Crippen molar-refractivity contribution in [1.29, 1.82) is 0 Å². The van der Waals surface area contributed by atoms with Gasteiger partial charge in [-0.15, -0.1) is 0 Å². The van der Waals surface area contributed by atoms with Crippen molar-refractivity contribution in [2.45, 2.75) is 71.1 Å². The highest BCUT2D eigenvalue weighted by Crippen LogP contribution is 2.42. The van der Waals surface area contributed by atoms with Crippen molar-refractivity contribution in [1.82, 2.24) is 0 Å². The largest absolute Gasteiger partial charge is 0.534 e. The molecule has 1 aliphatic carbocycles. The molecule has 0 heterocycles. The zero-order chi connectivity index (χ0) is 22.1. The fraction of sp³-hybridized carbons (Fsp3) is 0.889. The molecule has 0 aromatic carbocycles. The average Bonchev–Trinajstić information content (AvgIpc) is 2.50. The smallest absolute Gasteiger partial charge is 0.417 e. The zero-order valence-electron chi connectivity index (χ0n) is 17.7. The molecule has 10 heteroatoms. The highest BCUT2D eigenvalue weighted by Gasteiger charge is 2.50. The summed E-state index contributed by atoms with van der Waals surface area (Å²) in [5.41, 5.74) is -5.31. The molecule has 0 aliphatic heterocycles. The van der Waals surface area contributed by atoms with E-state index in [1.165, 1.54) is 0 Å². The summed E-state index contributed by atoms with van der Waals surface area (Å²) in [4.78, 5) is 0. The van der Waals surface area contributed by atoms with Gasteiger partial charge in [-0.1, -0.05) is 34.6 Å². The predicted molar refractivity (Wildman–Crippen MR) is 104 cm³/mol. The van der Waals surface area contributed by atoms with Crippen molar-refractivity contribution in [2.24, 2.45) is 17.8 Å². The third-order valence-corrected chi connectivity index (χ3v) is 11.5. The number of hydrogen-bond acceptors (Lipinski definition) is 5. The second-order valence-corrected chi connectivity index (χ2v) is 15.5. The minimum Gasteiger partial charge on any atom is -0.417 e. The SMILES string of the molecule is C[C@H]1CC[C@H]([C@@H](C)CO[Si](C)(C)C(C)(C)C)C(OS(=O)(=O)C(F)(F)F)=C1CO. The monoisotopic (exact) mass is 446 g/mol. The van der Waals surface area contributed by atoms with E-state index in [0.29, 0.717) is 12.8 Å². The van der Waals surface area contributed by atoms with E-state index in [1.807, 2.05) is 6.92 Å². The summed E-state index contributed by atoms with van der Waals surface area (Å²) in [7, 11) is -7.87. The van der Waals surface area contributed by atoms with Crippen LogP contribution in [-0.2, 0) is 18.7 Å². The van der Waals surface area contributed by atoms with Crippen LogP contribution in [0.25, 0.3) is 0 Å². The summed E-state index contributed by atoms with van der Waals surface area (Å²) in [6.45, 7) is 13.7. The Balaban J connectivity index is 3.16. The van der Waals surface area contributed by atoms with E-state index in [2.05, 4.69) is 38.0 Å². The molecule has 28 heavy (non-hydrogen) atoms. The number of aliphatic hydroxyl groups is 1. The molecule has 5 nitrogen and oxygen atoms in total. The van der Waals surface area contributed by atoms with Crippen LogP contribution in [0.15, 0.2) is 11.3 Å². The van der Waals surface area contributed by atoms with Gasteiger partial charge >= 0.3 is 15.6 Å². The topological polar surface area (TPSA) is 72.8 Å². The van der Waals surface area contributed by atoms with Crippen molar-refractivity contribution < 1.29 is 35.3 Å². The molecule has 0 saturated heterocycles. The second-order valence-electron chi connectivity index (χ2n) is 9.16. The lowest BCUT2D eigenvalue weighted by atomic mass is 9.77. The molecule has 0 aromatic rings. The Morgan fingerprint density at radius 2 is 1.75 bits per heavy atom. The van der Waals surface area contributed by atoms with Gasteiger partial charge in [0.25, 0.3) is 0 Å². The van der Waals surface area contributed by atoms with Crippen LogP contribution in [0, 0.1) is 17.8 Å². The van der Waals surface area contributed by atoms with Gasteiger partial charge in [-0.05, 0) is 48.4 Å².